The quantitative estimate of drug-likeness (QED) is 0.664. The van der Waals surface area contributed by atoms with Gasteiger partial charge in [0.05, 0.1) is 11.1 Å². The van der Waals surface area contributed by atoms with E-state index in [4.69, 9.17) is 0 Å². The van der Waals surface area contributed by atoms with Crippen LogP contribution in [0.2, 0.25) is 0 Å². The standard InChI is InChI=1S/C20H24N4O2S2/c1-2-17-12-18-19(21-14-22-20(18)27-17)23-16-8-10-24(11-9-16)28(25,26)13-15-6-4-3-5-7-15/h3-7,12,14,16H,2,8-11,13H2,1H3,(H,21,22,23). The van der Waals surface area contributed by atoms with Gasteiger partial charge in [-0.2, -0.15) is 0 Å². The molecule has 1 aromatic carbocycles. The average Bonchev–Trinajstić information content (AvgIpc) is 3.13. The van der Waals surface area contributed by atoms with E-state index in [0.717, 1.165) is 40.9 Å². The van der Waals surface area contributed by atoms with Gasteiger partial charge in [-0.25, -0.2) is 22.7 Å². The molecule has 6 nitrogen and oxygen atoms in total. The first-order valence-electron chi connectivity index (χ1n) is 9.57. The average molecular weight is 417 g/mol. The number of benzene rings is 1. The molecule has 148 valence electrons. The molecule has 4 rings (SSSR count). The first kappa shape index (κ1) is 19.3. The number of hydrogen-bond donors (Lipinski definition) is 1. The number of nitrogens with zero attached hydrogens (tertiary/aromatic N) is 3. The molecule has 0 radical (unpaired) electrons. The van der Waals surface area contributed by atoms with Crippen LogP contribution in [0.5, 0.6) is 0 Å². The van der Waals surface area contributed by atoms with Crippen LogP contribution >= 0.6 is 11.3 Å². The zero-order valence-corrected chi connectivity index (χ0v) is 17.5. The first-order chi connectivity index (χ1) is 13.5. The number of aryl methyl sites for hydroxylation is 1. The Bertz CT molecular complexity index is 1040. The van der Waals surface area contributed by atoms with Crippen molar-refractivity contribution >= 4 is 37.4 Å². The van der Waals surface area contributed by atoms with Crippen LogP contribution in [-0.2, 0) is 22.2 Å². The van der Waals surface area contributed by atoms with Crippen LogP contribution < -0.4 is 5.32 Å². The van der Waals surface area contributed by atoms with E-state index in [0.29, 0.717) is 13.1 Å². The van der Waals surface area contributed by atoms with Gasteiger partial charge >= 0.3 is 0 Å². The van der Waals surface area contributed by atoms with E-state index in [1.807, 2.05) is 30.3 Å². The molecule has 0 bridgehead atoms. The molecule has 0 saturated carbocycles. The highest BCUT2D eigenvalue weighted by Gasteiger charge is 2.28. The number of aromatic nitrogens is 2. The molecule has 1 aliphatic heterocycles. The highest BCUT2D eigenvalue weighted by Crippen LogP contribution is 2.30. The largest absolute Gasteiger partial charge is 0.367 e. The normalized spacial score (nSPS) is 16.5. The summed E-state index contributed by atoms with van der Waals surface area (Å²) in [6, 6.07) is 11.7. The molecule has 1 aliphatic rings. The minimum atomic E-state index is -3.29. The van der Waals surface area contributed by atoms with Gasteiger partial charge in [0.1, 0.15) is 17.0 Å². The fraction of sp³-hybridized carbons (Fsp3) is 0.400. The summed E-state index contributed by atoms with van der Waals surface area (Å²) < 4.78 is 27.1. The second-order valence-corrected chi connectivity index (χ2v) is 10.2. The molecule has 3 heterocycles. The van der Waals surface area contributed by atoms with Gasteiger partial charge in [-0.1, -0.05) is 37.3 Å². The zero-order chi connectivity index (χ0) is 19.6. The highest BCUT2D eigenvalue weighted by molar-refractivity contribution is 7.88. The van der Waals surface area contributed by atoms with Gasteiger partial charge in [0, 0.05) is 24.0 Å². The molecular weight excluding hydrogens is 392 g/mol. The summed E-state index contributed by atoms with van der Waals surface area (Å²) in [5.74, 6) is 0.916. The van der Waals surface area contributed by atoms with Gasteiger partial charge in [0.25, 0.3) is 0 Å². The third-order valence-corrected chi connectivity index (χ3v) is 8.15. The van der Waals surface area contributed by atoms with Gasteiger partial charge in [-0.05, 0) is 30.9 Å². The van der Waals surface area contributed by atoms with Crippen LogP contribution in [0.3, 0.4) is 0 Å². The summed E-state index contributed by atoms with van der Waals surface area (Å²) in [6.45, 7) is 3.20. The summed E-state index contributed by atoms with van der Waals surface area (Å²) >= 11 is 1.70. The van der Waals surface area contributed by atoms with Crippen molar-refractivity contribution in [2.24, 2.45) is 0 Å². The first-order valence-corrected chi connectivity index (χ1v) is 12.0. The van der Waals surface area contributed by atoms with Crippen molar-refractivity contribution in [3.8, 4) is 0 Å². The molecule has 0 spiro atoms. The fourth-order valence-electron chi connectivity index (χ4n) is 3.54. The molecule has 8 heteroatoms. The molecule has 0 amide bonds. The Kier molecular flexibility index (Phi) is 5.61. The Morgan fingerprint density at radius 3 is 2.64 bits per heavy atom. The van der Waals surface area contributed by atoms with Crippen molar-refractivity contribution in [1.29, 1.82) is 0 Å². The maximum atomic E-state index is 12.7. The van der Waals surface area contributed by atoms with Crippen LogP contribution in [-0.4, -0.2) is 41.8 Å². The molecule has 28 heavy (non-hydrogen) atoms. The predicted molar refractivity (Wildman–Crippen MR) is 114 cm³/mol. The summed E-state index contributed by atoms with van der Waals surface area (Å²) in [4.78, 5) is 11.1. The summed E-state index contributed by atoms with van der Waals surface area (Å²) in [5, 5.41) is 4.58. The topological polar surface area (TPSA) is 75.2 Å². The Balaban J connectivity index is 1.40. The van der Waals surface area contributed by atoms with Gasteiger partial charge in [-0.15, -0.1) is 11.3 Å². The Hall–Kier alpha value is -2.03. The van der Waals surface area contributed by atoms with E-state index in [1.54, 1.807) is 22.0 Å². The van der Waals surface area contributed by atoms with E-state index < -0.39 is 10.0 Å². The number of piperidine rings is 1. The second-order valence-electron chi connectivity index (χ2n) is 7.07. The van der Waals surface area contributed by atoms with E-state index in [1.165, 1.54) is 4.88 Å². The number of nitrogens with one attached hydrogen (secondary N) is 1. The lowest BCUT2D eigenvalue weighted by atomic mass is 10.1. The molecule has 0 aliphatic carbocycles. The maximum Gasteiger partial charge on any atom is 0.218 e. The summed E-state index contributed by atoms with van der Waals surface area (Å²) in [5.41, 5.74) is 0.829. The molecule has 0 atom stereocenters. The van der Waals surface area contributed by atoms with Crippen molar-refractivity contribution in [2.45, 2.75) is 38.0 Å². The second kappa shape index (κ2) is 8.14. The van der Waals surface area contributed by atoms with E-state index >= 15 is 0 Å². The number of anilines is 1. The predicted octanol–water partition coefficient (Wildman–Crippen LogP) is 3.66. The van der Waals surface area contributed by atoms with E-state index in [9.17, 15) is 8.42 Å². The molecule has 1 N–H and O–H groups in total. The third-order valence-electron chi connectivity index (χ3n) is 5.11. The van der Waals surface area contributed by atoms with Crippen LogP contribution in [0.25, 0.3) is 10.2 Å². The maximum absolute atomic E-state index is 12.7. The van der Waals surface area contributed by atoms with Crippen LogP contribution in [0.1, 0.15) is 30.2 Å². The van der Waals surface area contributed by atoms with Gasteiger partial charge in [0.15, 0.2) is 0 Å². The molecule has 2 aromatic heterocycles. The van der Waals surface area contributed by atoms with Crippen LogP contribution in [0.4, 0.5) is 5.82 Å². The van der Waals surface area contributed by atoms with Crippen molar-refractivity contribution < 1.29 is 8.42 Å². The highest BCUT2D eigenvalue weighted by atomic mass is 32.2. The Morgan fingerprint density at radius 1 is 1.18 bits per heavy atom. The lowest BCUT2D eigenvalue weighted by Crippen LogP contribution is -2.42. The number of rotatable bonds is 6. The summed E-state index contributed by atoms with van der Waals surface area (Å²) in [7, 11) is -3.29. The third kappa shape index (κ3) is 4.19. The van der Waals surface area contributed by atoms with Gasteiger partial charge in [0.2, 0.25) is 10.0 Å². The smallest absolute Gasteiger partial charge is 0.218 e. The lowest BCUT2D eigenvalue weighted by Gasteiger charge is -2.32. The minimum absolute atomic E-state index is 0.0627. The lowest BCUT2D eigenvalue weighted by molar-refractivity contribution is 0.329. The van der Waals surface area contributed by atoms with Crippen molar-refractivity contribution in [3.63, 3.8) is 0 Å². The monoisotopic (exact) mass is 416 g/mol. The Morgan fingerprint density at radius 2 is 1.93 bits per heavy atom. The number of fused-ring (bicyclic) bond motifs is 1. The van der Waals surface area contributed by atoms with Crippen molar-refractivity contribution in [1.82, 2.24) is 14.3 Å². The van der Waals surface area contributed by atoms with Crippen molar-refractivity contribution in [2.75, 3.05) is 18.4 Å². The molecular formula is C20H24N4O2S2. The fourth-order valence-corrected chi connectivity index (χ4v) is 6.04. The number of hydrogen-bond acceptors (Lipinski definition) is 6. The van der Waals surface area contributed by atoms with Gasteiger partial charge in [-0.3, -0.25) is 0 Å². The van der Waals surface area contributed by atoms with E-state index in [-0.39, 0.29) is 11.8 Å². The Labute approximate surface area is 169 Å². The van der Waals surface area contributed by atoms with E-state index in [2.05, 4.69) is 28.3 Å². The van der Waals surface area contributed by atoms with Crippen LogP contribution in [0.15, 0.2) is 42.7 Å². The molecule has 0 unspecified atom stereocenters. The summed E-state index contributed by atoms with van der Waals surface area (Å²) in [6.07, 6.45) is 4.12. The molecule has 1 fully saturated rings. The molecule has 1 saturated heterocycles. The van der Waals surface area contributed by atoms with Gasteiger partial charge < -0.3 is 5.32 Å². The zero-order valence-electron chi connectivity index (χ0n) is 15.8. The minimum Gasteiger partial charge on any atom is -0.367 e. The van der Waals surface area contributed by atoms with Crippen molar-refractivity contribution in [3.05, 3.63) is 53.2 Å². The molecule has 3 aromatic rings. The number of sulfonamides is 1. The number of thiophene rings is 1. The SMILES string of the molecule is CCc1cc2c(NC3CCN(S(=O)(=O)Cc4ccccc4)CC3)ncnc2s1. The van der Waals surface area contributed by atoms with Crippen LogP contribution in [0, 0.1) is 0 Å².